The van der Waals surface area contributed by atoms with Crippen molar-refractivity contribution in [3.05, 3.63) is 23.3 Å². The van der Waals surface area contributed by atoms with Crippen molar-refractivity contribution >= 4 is 11.7 Å². The molecule has 0 saturated heterocycles. The standard InChI is InChI=1S/C9H9F3N2O2/c1-16-7(15)3-5-8(13)4(9(11)12)2-6(10)14-5/h2,9H,3,13H2,1H3. The van der Waals surface area contributed by atoms with Crippen molar-refractivity contribution in [2.45, 2.75) is 12.8 Å². The zero-order chi connectivity index (χ0) is 12.3. The van der Waals surface area contributed by atoms with Gasteiger partial charge in [-0.25, -0.2) is 13.8 Å². The fourth-order valence-electron chi connectivity index (χ4n) is 1.12. The summed E-state index contributed by atoms with van der Waals surface area (Å²) in [6.07, 6.45) is -3.37. The summed E-state index contributed by atoms with van der Waals surface area (Å²) >= 11 is 0. The molecule has 2 N–H and O–H groups in total. The Bertz CT molecular complexity index is 410. The molecule has 0 amide bonds. The quantitative estimate of drug-likeness (QED) is 0.635. The minimum atomic E-state index is -2.92. The van der Waals surface area contributed by atoms with Gasteiger partial charge < -0.3 is 10.5 Å². The highest BCUT2D eigenvalue weighted by Gasteiger charge is 2.19. The number of nitrogen functional groups attached to an aromatic ring is 1. The molecule has 0 atom stereocenters. The van der Waals surface area contributed by atoms with Crippen LogP contribution in [0.4, 0.5) is 18.9 Å². The minimum Gasteiger partial charge on any atom is -0.469 e. The molecule has 0 aliphatic rings. The first kappa shape index (κ1) is 12.3. The van der Waals surface area contributed by atoms with Crippen molar-refractivity contribution < 1.29 is 22.7 Å². The van der Waals surface area contributed by atoms with Crippen molar-refractivity contribution in [3.8, 4) is 0 Å². The molecule has 7 heteroatoms. The Kier molecular flexibility index (Phi) is 3.70. The molecule has 4 nitrogen and oxygen atoms in total. The fourth-order valence-corrected chi connectivity index (χ4v) is 1.12. The van der Waals surface area contributed by atoms with Gasteiger partial charge in [0.1, 0.15) is 0 Å². The first-order valence-corrected chi connectivity index (χ1v) is 4.25. The fraction of sp³-hybridized carbons (Fsp3) is 0.333. The molecule has 0 fully saturated rings. The monoisotopic (exact) mass is 234 g/mol. The van der Waals surface area contributed by atoms with E-state index in [9.17, 15) is 18.0 Å². The number of methoxy groups -OCH3 is 1. The van der Waals surface area contributed by atoms with Crippen molar-refractivity contribution in [1.29, 1.82) is 0 Å². The van der Waals surface area contributed by atoms with E-state index < -0.39 is 30.3 Å². The Morgan fingerprint density at radius 2 is 2.25 bits per heavy atom. The second-order valence-corrected chi connectivity index (χ2v) is 2.95. The van der Waals surface area contributed by atoms with Gasteiger partial charge in [0.15, 0.2) is 0 Å². The van der Waals surface area contributed by atoms with Crippen LogP contribution in [0.25, 0.3) is 0 Å². The van der Waals surface area contributed by atoms with Gasteiger partial charge >= 0.3 is 5.97 Å². The van der Waals surface area contributed by atoms with Crippen LogP contribution in [0.1, 0.15) is 17.7 Å². The maximum absolute atomic E-state index is 12.9. The van der Waals surface area contributed by atoms with E-state index in [4.69, 9.17) is 5.73 Å². The number of nitrogens with two attached hydrogens (primary N) is 1. The molecular weight excluding hydrogens is 225 g/mol. The number of rotatable bonds is 3. The van der Waals surface area contributed by atoms with Crippen molar-refractivity contribution in [2.24, 2.45) is 0 Å². The largest absolute Gasteiger partial charge is 0.469 e. The van der Waals surface area contributed by atoms with Crippen LogP contribution in [0.3, 0.4) is 0 Å². The summed E-state index contributed by atoms with van der Waals surface area (Å²) in [5.41, 5.74) is 4.03. The summed E-state index contributed by atoms with van der Waals surface area (Å²) in [6.45, 7) is 0. The van der Waals surface area contributed by atoms with E-state index in [1.165, 1.54) is 0 Å². The summed E-state index contributed by atoms with van der Waals surface area (Å²) in [4.78, 5) is 14.2. The lowest BCUT2D eigenvalue weighted by atomic mass is 10.1. The molecule has 16 heavy (non-hydrogen) atoms. The summed E-state index contributed by atoms with van der Waals surface area (Å²) < 4.78 is 42.0. The molecule has 1 aromatic rings. The molecular formula is C9H9F3N2O2. The lowest BCUT2D eigenvalue weighted by molar-refractivity contribution is -0.139. The van der Waals surface area contributed by atoms with E-state index in [-0.39, 0.29) is 11.4 Å². The zero-order valence-corrected chi connectivity index (χ0v) is 8.34. The average Bonchev–Trinajstić information content (AvgIpc) is 2.22. The SMILES string of the molecule is COC(=O)Cc1nc(F)cc(C(F)F)c1N. The molecule has 0 bridgehead atoms. The maximum atomic E-state index is 12.9. The number of ether oxygens (including phenoxy) is 1. The van der Waals surface area contributed by atoms with Crippen LogP contribution in [0, 0.1) is 5.95 Å². The van der Waals surface area contributed by atoms with Gasteiger partial charge in [-0.3, -0.25) is 4.79 Å². The van der Waals surface area contributed by atoms with Crippen LogP contribution in [-0.4, -0.2) is 18.1 Å². The molecule has 1 heterocycles. The second kappa shape index (κ2) is 4.82. The normalized spacial score (nSPS) is 10.6. The summed E-state index contributed by atoms with van der Waals surface area (Å²) in [7, 11) is 1.12. The molecule has 0 aromatic carbocycles. The van der Waals surface area contributed by atoms with Gasteiger partial charge in [0.25, 0.3) is 6.43 Å². The van der Waals surface area contributed by atoms with E-state index in [1.54, 1.807) is 0 Å². The number of carbonyl (C=O) groups is 1. The van der Waals surface area contributed by atoms with Crippen molar-refractivity contribution in [1.82, 2.24) is 4.98 Å². The Morgan fingerprint density at radius 3 is 2.75 bits per heavy atom. The molecule has 0 radical (unpaired) electrons. The number of alkyl halides is 2. The van der Waals surface area contributed by atoms with Gasteiger partial charge in [-0.05, 0) is 0 Å². The average molecular weight is 234 g/mol. The summed E-state index contributed by atoms with van der Waals surface area (Å²) in [5, 5.41) is 0. The smallest absolute Gasteiger partial charge is 0.311 e. The molecule has 0 spiro atoms. The van der Waals surface area contributed by atoms with E-state index in [1.807, 2.05) is 0 Å². The molecule has 88 valence electrons. The number of halogens is 3. The molecule has 0 aliphatic carbocycles. The summed E-state index contributed by atoms with van der Waals surface area (Å²) in [5.74, 6) is -1.84. The van der Waals surface area contributed by atoms with Crippen LogP contribution < -0.4 is 5.73 Å². The van der Waals surface area contributed by atoms with E-state index in [0.717, 1.165) is 7.11 Å². The number of esters is 1. The van der Waals surface area contributed by atoms with Crippen LogP contribution >= 0.6 is 0 Å². The third-order valence-electron chi connectivity index (χ3n) is 1.91. The third kappa shape index (κ3) is 2.62. The first-order valence-electron chi connectivity index (χ1n) is 4.25. The lowest BCUT2D eigenvalue weighted by Gasteiger charge is -2.09. The van der Waals surface area contributed by atoms with Gasteiger partial charge in [0.05, 0.1) is 24.9 Å². The predicted molar refractivity (Wildman–Crippen MR) is 49.3 cm³/mol. The predicted octanol–water partition coefficient (Wildman–Crippen LogP) is 1.46. The number of pyridine rings is 1. The molecule has 1 rings (SSSR count). The topological polar surface area (TPSA) is 65.2 Å². The van der Waals surface area contributed by atoms with E-state index >= 15 is 0 Å². The highest BCUT2D eigenvalue weighted by atomic mass is 19.3. The van der Waals surface area contributed by atoms with Crippen LogP contribution in [0.15, 0.2) is 6.07 Å². The Morgan fingerprint density at radius 1 is 1.62 bits per heavy atom. The highest BCUT2D eigenvalue weighted by molar-refractivity contribution is 5.74. The van der Waals surface area contributed by atoms with Gasteiger partial charge in [-0.15, -0.1) is 0 Å². The molecule has 1 aromatic heterocycles. The third-order valence-corrected chi connectivity index (χ3v) is 1.91. The van der Waals surface area contributed by atoms with Gasteiger partial charge in [0, 0.05) is 11.6 Å². The first-order chi connectivity index (χ1) is 7.45. The van der Waals surface area contributed by atoms with Crippen LogP contribution in [-0.2, 0) is 16.0 Å². The number of anilines is 1. The van der Waals surface area contributed by atoms with Crippen LogP contribution in [0.5, 0.6) is 0 Å². The summed E-state index contributed by atoms with van der Waals surface area (Å²) in [6, 6.07) is 0.542. The number of hydrogen-bond acceptors (Lipinski definition) is 4. The Hall–Kier alpha value is -1.79. The highest BCUT2D eigenvalue weighted by Crippen LogP contribution is 2.27. The Labute approximate surface area is 89.2 Å². The van der Waals surface area contributed by atoms with E-state index in [2.05, 4.69) is 9.72 Å². The van der Waals surface area contributed by atoms with Gasteiger partial charge in [-0.1, -0.05) is 0 Å². The Balaban J connectivity index is 3.14. The molecule has 0 saturated carbocycles. The maximum Gasteiger partial charge on any atom is 0.311 e. The lowest BCUT2D eigenvalue weighted by Crippen LogP contribution is -2.11. The second-order valence-electron chi connectivity index (χ2n) is 2.95. The van der Waals surface area contributed by atoms with Gasteiger partial charge in [-0.2, -0.15) is 4.39 Å². The number of carbonyl (C=O) groups excluding carboxylic acids is 1. The van der Waals surface area contributed by atoms with E-state index in [0.29, 0.717) is 6.07 Å². The number of aromatic nitrogens is 1. The molecule has 0 unspecified atom stereocenters. The van der Waals surface area contributed by atoms with Crippen molar-refractivity contribution in [2.75, 3.05) is 12.8 Å². The van der Waals surface area contributed by atoms with Gasteiger partial charge in [0.2, 0.25) is 5.95 Å². The number of hydrogen-bond donors (Lipinski definition) is 1. The number of nitrogens with zero attached hydrogens (tertiary/aromatic N) is 1. The van der Waals surface area contributed by atoms with Crippen molar-refractivity contribution in [3.63, 3.8) is 0 Å². The van der Waals surface area contributed by atoms with Crippen LogP contribution in [0.2, 0.25) is 0 Å². The minimum absolute atomic E-state index is 0.248. The zero-order valence-electron chi connectivity index (χ0n) is 8.34. The molecule has 0 aliphatic heterocycles.